The molecule has 1 aliphatic carbocycles. The standard InChI is InChI=1S/C17H20FN3O3/c1-20-10-21(12-7-5-11(18)6-8-12)9-13(19-20)17(24)16-14(22)3-2-4-15(16)23/h5-9,14,16,19,22H,2-4,10H2,1H3. The number of allylic oxidation sites excluding steroid dienone is 1. The fraction of sp³-hybridized carbons (Fsp3) is 0.412. The topological polar surface area (TPSA) is 72.9 Å². The van der Waals surface area contributed by atoms with Crippen LogP contribution in [0.15, 0.2) is 36.2 Å². The zero-order chi connectivity index (χ0) is 17.3. The molecular formula is C17H20FN3O3. The summed E-state index contributed by atoms with van der Waals surface area (Å²) >= 11 is 0. The molecular weight excluding hydrogens is 313 g/mol. The van der Waals surface area contributed by atoms with Crippen LogP contribution >= 0.6 is 0 Å². The third kappa shape index (κ3) is 3.32. The number of rotatable bonds is 3. The maximum atomic E-state index is 13.1. The third-order valence-corrected chi connectivity index (χ3v) is 4.32. The molecule has 2 aliphatic rings. The highest BCUT2D eigenvalue weighted by molar-refractivity contribution is 6.11. The number of aliphatic hydroxyl groups is 1. The van der Waals surface area contributed by atoms with Crippen LogP contribution in [0.3, 0.4) is 0 Å². The van der Waals surface area contributed by atoms with E-state index in [1.807, 2.05) is 0 Å². The van der Waals surface area contributed by atoms with E-state index in [0.717, 1.165) is 5.69 Å². The van der Waals surface area contributed by atoms with E-state index in [4.69, 9.17) is 0 Å². The van der Waals surface area contributed by atoms with Crippen molar-refractivity contribution in [3.8, 4) is 0 Å². The first-order valence-corrected chi connectivity index (χ1v) is 7.92. The van der Waals surface area contributed by atoms with Gasteiger partial charge in [-0.25, -0.2) is 9.40 Å². The minimum Gasteiger partial charge on any atom is -0.392 e. The quantitative estimate of drug-likeness (QED) is 0.810. The molecule has 2 atom stereocenters. The lowest BCUT2D eigenvalue weighted by Gasteiger charge is -2.35. The van der Waals surface area contributed by atoms with Gasteiger partial charge < -0.3 is 15.4 Å². The minimum atomic E-state index is -1.01. The van der Waals surface area contributed by atoms with E-state index in [1.54, 1.807) is 35.3 Å². The van der Waals surface area contributed by atoms with Gasteiger partial charge in [0, 0.05) is 25.4 Å². The number of hydrogen-bond acceptors (Lipinski definition) is 6. The summed E-state index contributed by atoms with van der Waals surface area (Å²) in [4.78, 5) is 26.6. The fourth-order valence-corrected chi connectivity index (χ4v) is 3.11. The van der Waals surface area contributed by atoms with E-state index in [9.17, 15) is 19.1 Å². The molecule has 0 saturated heterocycles. The molecule has 0 aromatic heterocycles. The lowest BCUT2D eigenvalue weighted by Crippen LogP contribution is -2.50. The second kappa shape index (κ2) is 6.70. The molecule has 2 N–H and O–H groups in total. The number of aliphatic hydroxyl groups excluding tert-OH is 1. The van der Waals surface area contributed by atoms with Gasteiger partial charge in [0.15, 0.2) is 5.78 Å². The summed E-state index contributed by atoms with van der Waals surface area (Å²) in [6.07, 6.45) is 2.04. The lowest BCUT2D eigenvalue weighted by molar-refractivity contribution is -0.138. The number of Topliss-reactive ketones (excluding diaryl/α,β-unsaturated/α-hetero) is 2. The van der Waals surface area contributed by atoms with E-state index >= 15 is 0 Å². The molecule has 7 heteroatoms. The Balaban J connectivity index is 1.86. The number of hydrogen-bond donors (Lipinski definition) is 2. The average Bonchev–Trinajstić information content (AvgIpc) is 2.54. The maximum absolute atomic E-state index is 13.1. The Morgan fingerprint density at radius 1 is 1.33 bits per heavy atom. The van der Waals surface area contributed by atoms with Crippen molar-refractivity contribution in [1.82, 2.24) is 10.4 Å². The van der Waals surface area contributed by atoms with Crippen LogP contribution in [0.2, 0.25) is 0 Å². The van der Waals surface area contributed by atoms with Gasteiger partial charge >= 0.3 is 0 Å². The molecule has 0 radical (unpaired) electrons. The summed E-state index contributed by atoms with van der Waals surface area (Å²) in [5, 5.41) is 11.7. The van der Waals surface area contributed by atoms with E-state index in [2.05, 4.69) is 5.43 Å². The van der Waals surface area contributed by atoms with Crippen LogP contribution in [-0.4, -0.2) is 41.5 Å². The van der Waals surface area contributed by atoms with E-state index in [-0.39, 0.29) is 17.3 Å². The molecule has 1 heterocycles. The molecule has 3 rings (SSSR count). The number of hydrazine groups is 1. The van der Waals surface area contributed by atoms with Crippen molar-refractivity contribution in [2.24, 2.45) is 5.92 Å². The number of carbonyl (C=O) groups is 2. The molecule has 0 amide bonds. The van der Waals surface area contributed by atoms with Crippen LogP contribution in [0.5, 0.6) is 0 Å². The Hall–Kier alpha value is -2.25. The Kier molecular flexibility index (Phi) is 4.64. The molecule has 1 aromatic rings. The van der Waals surface area contributed by atoms with Crippen LogP contribution in [-0.2, 0) is 9.59 Å². The van der Waals surface area contributed by atoms with Crippen LogP contribution in [0.25, 0.3) is 0 Å². The lowest BCUT2D eigenvalue weighted by atomic mass is 9.81. The van der Waals surface area contributed by atoms with Crippen molar-refractivity contribution in [1.29, 1.82) is 0 Å². The largest absolute Gasteiger partial charge is 0.392 e. The first-order valence-electron chi connectivity index (χ1n) is 7.92. The molecule has 0 bridgehead atoms. The molecule has 128 valence electrons. The highest BCUT2D eigenvalue weighted by Gasteiger charge is 2.38. The van der Waals surface area contributed by atoms with E-state index in [1.165, 1.54) is 12.1 Å². The second-order valence-electron chi connectivity index (χ2n) is 6.21. The number of nitrogens with one attached hydrogen (secondary N) is 1. The van der Waals surface area contributed by atoms with Gasteiger partial charge in [-0.1, -0.05) is 0 Å². The van der Waals surface area contributed by atoms with E-state index < -0.39 is 17.8 Å². The second-order valence-corrected chi connectivity index (χ2v) is 6.21. The molecule has 1 aliphatic heterocycles. The molecule has 1 aromatic carbocycles. The van der Waals surface area contributed by atoms with Gasteiger partial charge in [-0.2, -0.15) is 0 Å². The summed E-state index contributed by atoms with van der Waals surface area (Å²) in [6, 6.07) is 5.93. The van der Waals surface area contributed by atoms with E-state index in [0.29, 0.717) is 25.9 Å². The van der Waals surface area contributed by atoms with Crippen LogP contribution in [0.1, 0.15) is 19.3 Å². The number of ketones is 2. The van der Waals surface area contributed by atoms with Crippen molar-refractivity contribution in [3.63, 3.8) is 0 Å². The van der Waals surface area contributed by atoms with Crippen molar-refractivity contribution >= 4 is 17.3 Å². The Morgan fingerprint density at radius 3 is 2.71 bits per heavy atom. The van der Waals surface area contributed by atoms with Gasteiger partial charge in [-0.05, 0) is 37.1 Å². The summed E-state index contributed by atoms with van der Waals surface area (Å²) in [5.41, 5.74) is 3.90. The smallest absolute Gasteiger partial charge is 0.194 e. The molecule has 1 saturated carbocycles. The summed E-state index contributed by atoms with van der Waals surface area (Å²) < 4.78 is 13.1. The minimum absolute atomic E-state index is 0.219. The molecule has 2 unspecified atom stereocenters. The summed E-state index contributed by atoms with van der Waals surface area (Å²) in [7, 11) is 1.76. The summed E-state index contributed by atoms with van der Waals surface area (Å²) in [5.74, 6) is -1.98. The predicted molar refractivity (Wildman–Crippen MR) is 86.1 cm³/mol. The van der Waals surface area contributed by atoms with Gasteiger partial charge in [0.1, 0.15) is 23.2 Å². The molecule has 24 heavy (non-hydrogen) atoms. The molecule has 1 fully saturated rings. The number of anilines is 1. The van der Waals surface area contributed by atoms with Crippen LogP contribution in [0, 0.1) is 11.7 Å². The van der Waals surface area contributed by atoms with Crippen molar-refractivity contribution in [2.75, 3.05) is 18.6 Å². The highest BCUT2D eigenvalue weighted by atomic mass is 19.1. The first kappa shape index (κ1) is 16.6. The van der Waals surface area contributed by atoms with Crippen molar-refractivity contribution < 1.29 is 19.1 Å². The van der Waals surface area contributed by atoms with Crippen LogP contribution in [0.4, 0.5) is 10.1 Å². The Labute approximate surface area is 139 Å². The number of carbonyl (C=O) groups excluding carboxylic acids is 2. The SMILES string of the molecule is CN1CN(c2ccc(F)cc2)C=C(C(=O)C2C(=O)CCCC2O)N1. The molecule has 0 spiro atoms. The zero-order valence-corrected chi connectivity index (χ0v) is 13.4. The number of halogens is 1. The third-order valence-electron chi connectivity index (χ3n) is 4.32. The average molecular weight is 333 g/mol. The highest BCUT2D eigenvalue weighted by Crippen LogP contribution is 2.26. The zero-order valence-electron chi connectivity index (χ0n) is 13.4. The van der Waals surface area contributed by atoms with Gasteiger partial charge in [-0.3, -0.25) is 9.59 Å². The van der Waals surface area contributed by atoms with Crippen molar-refractivity contribution in [2.45, 2.75) is 25.4 Å². The monoisotopic (exact) mass is 333 g/mol. The first-order chi connectivity index (χ1) is 11.5. The Morgan fingerprint density at radius 2 is 2.04 bits per heavy atom. The van der Waals surface area contributed by atoms with Gasteiger partial charge in [0.05, 0.1) is 12.8 Å². The normalized spacial score (nSPS) is 25.2. The maximum Gasteiger partial charge on any atom is 0.194 e. The number of benzene rings is 1. The Bertz CT molecular complexity index is 674. The predicted octanol–water partition coefficient (Wildman–Crippen LogP) is 1.18. The fourth-order valence-electron chi connectivity index (χ4n) is 3.11. The van der Waals surface area contributed by atoms with Gasteiger partial charge in [0.25, 0.3) is 0 Å². The van der Waals surface area contributed by atoms with Gasteiger partial charge in [-0.15, -0.1) is 0 Å². The van der Waals surface area contributed by atoms with Crippen molar-refractivity contribution in [3.05, 3.63) is 42.0 Å². The summed E-state index contributed by atoms with van der Waals surface area (Å²) in [6.45, 7) is 0.448. The van der Waals surface area contributed by atoms with Crippen LogP contribution < -0.4 is 10.3 Å². The van der Waals surface area contributed by atoms with Gasteiger partial charge in [0.2, 0.25) is 0 Å². The molecule has 6 nitrogen and oxygen atoms in total. The number of nitrogens with zero attached hydrogens (tertiary/aromatic N) is 2.